The fourth-order valence-electron chi connectivity index (χ4n) is 2.33. The first-order valence-corrected chi connectivity index (χ1v) is 8.63. The van der Waals surface area contributed by atoms with E-state index in [4.69, 9.17) is 9.90 Å². The fraction of sp³-hybridized carbons (Fsp3) is 0.263. The number of rotatable bonds is 3. The highest BCUT2D eigenvalue weighted by atomic mass is 19.4. The number of carboxylic acid groups (broad SMARTS) is 1. The predicted molar refractivity (Wildman–Crippen MR) is 103 cm³/mol. The number of nitrogens with zero attached hydrogens (tertiary/aromatic N) is 4. The number of hydrogen-bond acceptors (Lipinski definition) is 4. The molecule has 0 saturated heterocycles. The summed E-state index contributed by atoms with van der Waals surface area (Å²) < 4.78 is 35.4. The average molecular weight is 423 g/mol. The van der Waals surface area contributed by atoms with Gasteiger partial charge in [-0.3, -0.25) is 9.48 Å². The van der Waals surface area contributed by atoms with Crippen molar-refractivity contribution in [2.24, 2.45) is 7.05 Å². The van der Waals surface area contributed by atoms with Crippen LogP contribution in [0, 0.1) is 20.8 Å². The predicted octanol–water partition coefficient (Wildman–Crippen LogP) is 3.42. The number of carbonyl (C=O) groups is 2. The Bertz CT molecular complexity index is 1030. The molecule has 0 radical (unpaired) electrons. The Kier molecular flexibility index (Phi) is 6.65. The molecule has 3 aromatic rings. The maximum atomic E-state index is 12.2. The number of halogens is 3. The Morgan fingerprint density at radius 1 is 1.10 bits per heavy atom. The van der Waals surface area contributed by atoms with Crippen LogP contribution in [0.4, 0.5) is 18.9 Å². The van der Waals surface area contributed by atoms with Crippen molar-refractivity contribution in [3.05, 3.63) is 59.4 Å². The summed E-state index contributed by atoms with van der Waals surface area (Å²) in [4.78, 5) is 25.4. The molecule has 1 aromatic carbocycles. The van der Waals surface area contributed by atoms with Crippen LogP contribution in [0.2, 0.25) is 0 Å². The van der Waals surface area contributed by atoms with Crippen LogP contribution in [0.1, 0.15) is 27.6 Å². The molecule has 0 saturated carbocycles. The van der Waals surface area contributed by atoms with Crippen LogP contribution in [-0.4, -0.2) is 42.5 Å². The van der Waals surface area contributed by atoms with E-state index in [0.29, 0.717) is 5.69 Å². The summed E-state index contributed by atoms with van der Waals surface area (Å²) >= 11 is 0. The van der Waals surface area contributed by atoms with E-state index in [0.717, 1.165) is 28.5 Å². The lowest BCUT2D eigenvalue weighted by Gasteiger charge is -2.08. The summed E-state index contributed by atoms with van der Waals surface area (Å²) in [6.45, 7) is 5.92. The third-order valence-corrected chi connectivity index (χ3v) is 4.24. The number of aryl methyl sites for hydroxylation is 3. The number of hydrogen-bond donors (Lipinski definition) is 2. The number of carboxylic acids is 1. The summed E-state index contributed by atoms with van der Waals surface area (Å²) in [5.74, 6) is -2.97. The van der Waals surface area contributed by atoms with Crippen LogP contribution in [-0.2, 0) is 11.8 Å². The van der Waals surface area contributed by atoms with Crippen LogP contribution in [0.25, 0.3) is 5.69 Å². The second-order valence-corrected chi connectivity index (χ2v) is 6.38. The number of amides is 1. The van der Waals surface area contributed by atoms with Gasteiger partial charge in [0.2, 0.25) is 0 Å². The summed E-state index contributed by atoms with van der Waals surface area (Å²) in [6, 6.07) is 9.41. The summed E-state index contributed by atoms with van der Waals surface area (Å²) in [5, 5.41) is 14.2. The molecule has 2 aromatic heterocycles. The van der Waals surface area contributed by atoms with Crippen LogP contribution in [0.3, 0.4) is 0 Å². The van der Waals surface area contributed by atoms with Crippen molar-refractivity contribution in [1.82, 2.24) is 19.3 Å². The Hall–Kier alpha value is -3.63. The molecule has 0 atom stereocenters. The van der Waals surface area contributed by atoms with Gasteiger partial charge in [-0.05, 0) is 51.1 Å². The first-order valence-electron chi connectivity index (χ1n) is 8.63. The van der Waals surface area contributed by atoms with Gasteiger partial charge in [-0.15, -0.1) is 0 Å². The van der Waals surface area contributed by atoms with Gasteiger partial charge in [0.05, 0.1) is 12.0 Å². The van der Waals surface area contributed by atoms with Crippen molar-refractivity contribution >= 4 is 17.6 Å². The summed E-state index contributed by atoms with van der Waals surface area (Å²) in [6.07, 6.45) is -3.28. The maximum Gasteiger partial charge on any atom is 0.490 e. The molecule has 0 unspecified atom stereocenters. The van der Waals surface area contributed by atoms with Gasteiger partial charge in [0, 0.05) is 29.8 Å². The van der Waals surface area contributed by atoms with Crippen molar-refractivity contribution < 1.29 is 27.9 Å². The molecule has 3 rings (SSSR count). The Labute approximate surface area is 170 Å². The zero-order chi connectivity index (χ0) is 22.6. The smallest absolute Gasteiger partial charge is 0.475 e. The normalized spacial score (nSPS) is 10.9. The minimum absolute atomic E-state index is 0.212. The van der Waals surface area contributed by atoms with Gasteiger partial charge in [-0.25, -0.2) is 9.78 Å². The van der Waals surface area contributed by atoms with Crippen molar-refractivity contribution in [3.63, 3.8) is 0 Å². The molecule has 1 amide bonds. The molecule has 0 aliphatic carbocycles. The second kappa shape index (κ2) is 8.80. The third-order valence-electron chi connectivity index (χ3n) is 4.24. The van der Waals surface area contributed by atoms with Gasteiger partial charge < -0.3 is 15.0 Å². The number of anilines is 1. The second-order valence-electron chi connectivity index (χ2n) is 6.38. The van der Waals surface area contributed by atoms with Crippen molar-refractivity contribution in [3.8, 4) is 5.69 Å². The van der Waals surface area contributed by atoms with E-state index < -0.39 is 12.1 Å². The van der Waals surface area contributed by atoms with Gasteiger partial charge in [0.1, 0.15) is 0 Å². The first kappa shape index (κ1) is 22.7. The fourth-order valence-corrected chi connectivity index (χ4v) is 2.33. The molecule has 2 N–H and O–H groups in total. The van der Waals surface area contributed by atoms with Gasteiger partial charge >= 0.3 is 12.1 Å². The van der Waals surface area contributed by atoms with Gasteiger partial charge in [-0.2, -0.15) is 18.3 Å². The number of aromatic nitrogens is 4. The Morgan fingerprint density at radius 3 is 2.07 bits per heavy atom. The lowest BCUT2D eigenvalue weighted by Crippen LogP contribution is -2.21. The summed E-state index contributed by atoms with van der Waals surface area (Å²) in [7, 11) is 1.82. The van der Waals surface area contributed by atoms with Gasteiger partial charge in [0.15, 0.2) is 5.69 Å². The molecule has 2 heterocycles. The highest BCUT2D eigenvalue weighted by Crippen LogP contribution is 2.17. The van der Waals surface area contributed by atoms with E-state index in [1.807, 2.05) is 56.7 Å². The molecule has 0 aliphatic heterocycles. The number of alkyl halides is 3. The van der Waals surface area contributed by atoms with Gasteiger partial charge in [-0.1, -0.05) is 0 Å². The standard InChI is InChI=1S/C17H19N5O.C2HF3O2/c1-11-9-16(20-21(11)4)17(23)19-14-5-7-15(8-6-14)22-10-18-12(2)13(22)3;3-2(4,5)1(6)7/h5-10H,1-4H3,(H,19,23);(H,6,7). The number of nitrogens with one attached hydrogen (secondary N) is 1. The molecule has 0 spiro atoms. The molecule has 160 valence electrons. The molecule has 11 heteroatoms. The number of carbonyl (C=O) groups excluding carboxylic acids is 1. The van der Waals surface area contributed by atoms with E-state index in [9.17, 15) is 18.0 Å². The SMILES string of the molecule is Cc1ncn(-c2ccc(NC(=O)c3cc(C)n(C)n3)cc2)c1C.O=C(O)C(F)(F)F. The minimum Gasteiger partial charge on any atom is -0.475 e. The molecule has 30 heavy (non-hydrogen) atoms. The van der Waals surface area contributed by atoms with Crippen molar-refractivity contribution in [2.45, 2.75) is 26.9 Å². The lowest BCUT2D eigenvalue weighted by atomic mass is 10.2. The van der Waals surface area contributed by atoms with Gasteiger partial charge in [0.25, 0.3) is 5.91 Å². The van der Waals surface area contributed by atoms with E-state index in [1.54, 1.807) is 17.1 Å². The maximum absolute atomic E-state index is 12.2. The lowest BCUT2D eigenvalue weighted by molar-refractivity contribution is -0.192. The van der Waals surface area contributed by atoms with Crippen molar-refractivity contribution in [1.29, 1.82) is 0 Å². The van der Waals surface area contributed by atoms with E-state index in [2.05, 4.69) is 15.4 Å². The van der Waals surface area contributed by atoms with Crippen LogP contribution >= 0.6 is 0 Å². The van der Waals surface area contributed by atoms with Crippen LogP contribution < -0.4 is 5.32 Å². The zero-order valence-corrected chi connectivity index (χ0v) is 16.7. The largest absolute Gasteiger partial charge is 0.490 e. The molecular formula is C19H20F3N5O3. The zero-order valence-electron chi connectivity index (χ0n) is 16.7. The van der Waals surface area contributed by atoms with E-state index in [-0.39, 0.29) is 5.91 Å². The van der Waals surface area contributed by atoms with Crippen LogP contribution in [0.15, 0.2) is 36.7 Å². The van der Waals surface area contributed by atoms with E-state index in [1.165, 1.54) is 0 Å². The van der Waals surface area contributed by atoms with Crippen molar-refractivity contribution in [2.75, 3.05) is 5.32 Å². The Morgan fingerprint density at radius 2 is 1.67 bits per heavy atom. The molecule has 0 bridgehead atoms. The Balaban J connectivity index is 0.000000396. The minimum atomic E-state index is -5.08. The molecular weight excluding hydrogens is 403 g/mol. The van der Waals surface area contributed by atoms with E-state index >= 15 is 0 Å². The highest BCUT2D eigenvalue weighted by molar-refractivity contribution is 6.02. The highest BCUT2D eigenvalue weighted by Gasteiger charge is 2.38. The third kappa shape index (κ3) is 5.46. The quantitative estimate of drug-likeness (QED) is 0.672. The number of imidazole rings is 1. The molecule has 0 aliphatic rings. The molecule has 8 nitrogen and oxygen atoms in total. The topological polar surface area (TPSA) is 102 Å². The monoisotopic (exact) mass is 423 g/mol. The number of benzene rings is 1. The molecule has 0 fully saturated rings. The summed E-state index contributed by atoms with van der Waals surface area (Å²) in [5.41, 5.74) is 5.21. The van der Waals surface area contributed by atoms with Crippen LogP contribution in [0.5, 0.6) is 0 Å². The average Bonchev–Trinajstić information content (AvgIpc) is 3.18. The first-order chi connectivity index (χ1) is 13.9. The number of aliphatic carboxylic acids is 1.